The SMILES string of the molecule is CC(O)C(=O)[O-].Nc1cc[c]([Hg+])cc1. The van der Waals surface area contributed by atoms with Crippen molar-refractivity contribution >= 4 is 14.7 Å². The number of aliphatic hydroxyl groups is 1. The second-order valence-corrected chi connectivity index (χ2v) is 5.91. The first kappa shape index (κ1) is 13.4. The van der Waals surface area contributed by atoms with Crippen LogP contribution in [0.3, 0.4) is 0 Å². The summed E-state index contributed by atoms with van der Waals surface area (Å²) in [5.41, 5.74) is 6.31. The topological polar surface area (TPSA) is 86.4 Å². The number of aliphatic hydroxyl groups excluding tert-OH is 1. The zero-order valence-electron chi connectivity index (χ0n) is 7.93. The molecule has 0 saturated carbocycles. The van der Waals surface area contributed by atoms with E-state index in [2.05, 4.69) is 12.1 Å². The van der Waals surface area contributed by atoms with E-state index in [0.717, 1.165) is 38.7 Å². The van der Waals surface area contributed by atoms with E-state index in [1.807, 2.05) is 12.1 Å². The van der Waals surface area contributed by atoms with Gasteiger partial charge < -0.3 is 15.0 Å². The minimum absolute atomic E-state index is 0.746. The van der Waals surface area contributed by atoms with Crippen LogP contribution in [0.1, 0.15) is 6.92 Å². The average molecular weight is 382 g/mol. The molecule has 0 amide bonds. The summed E-state index contributed by atoms with van der Waals surface area (Å²) >= 11 is 0.746. The molecule has 0 aliphatic carbocycles. The molecule has 0 aromatic heterocycles. The van der Waals surface area contributed by atoms with E-state index in [-0.39, 0.29) is 0 Å². The molecular weight excluding hydrogens is 371 g/mol. The van der Waals surface area contributed by atoms with Gasteiger partial charge in [-0.25, -0.2) is 0 Å². The summed E-state index contributed by atoms with van der Waals surface area (Å²) in [6, 6.07) is 8.06. The van der Waals surface area contributed by atoms with Crippen LogP contribution in [-0.4, -0.2) is 17.2 Å². The van der Waals surface area contributed by atoms with Crippen LogP contribution in [0, 0.1) is 0 Å². The number of nitrogens with two attached hydrogens (primary N) is 1. The minimum atomic E-state index is -1.44. The van der Waals surface area contributed by atoms with Gasteiger partial charge >= 0.3 is 64.9 Å². The van der Waals surface area contributed by atoms with E-state index in [9.17, 15) is 9.90 Å². The zero-order valence-corrected chi connectivity index (χ0v) is 13.4. The molecule has 0 bridgehead atoms. The molecule has 1 aromatic rings. The standard InChI is InChI=1S/C6H6N.C3H6O3.Hg/c7-6-4-2-1-3-5-6;1-2(4)3(5)6;/h2-5H,7H2;2,4H,1H3,(H,5,6);/q;;+1/p-1. The van der Waals surface area contributed by atoms with Crippen LogP contribution in [0.25, 0.3) is 0 Å². The van der Waals surface area contributed by atoms with Crippen molar-refractivity contribution in [1.29, 1.82) is 0 Å². The van der Waals surface area contributed by atoms with Crippen LogP contribution < -0.4 is 13.9 Å². The number of carboxylic acid groups (broad SMARTS) is 1. The quantitative estimate of drug-likeness (QED) is 0.461. The number of carbonyl (C=O) groups excluding carboxylic acids is 1. The van der Waals surface area contributed by atoms with E-state index in [0.29, 0.717) is 0 Å². The molecule has 3 N–H and O–H groups in total. The predicted molar refractivity (Wildman–Crippen MR) is 47.2 cm³/mol. The predicted octanol–water partition coefficient (Wildman–Crippen LogP) is -1.44. The molecule has 0 saturated heterocycles. The van der Waals surface area contributed by atoms with Gasteiger partial charge in [-0.3, -0.25) is 0 Å². The van der Waals surface area contributed by atoms with Crippen molar-refractivity contribution in [2.75, 3.05) is 5.73 Å². The second-order valence-electron chi connectivity index (χ2n) is 2.74. The molecule has 5 heteroatoms. The monoisotopic (exact) mass is 383 g/mol. The van der Waals surface area contributed by atoms with Crippen LogP contribution in [0.5, 0.6) is 0 Å². The van der Waals surface area contributed by atoms with Gasteiger partial charge in [0, 0.05) is 0 Å². The van der Waals surface area contributed by atoms with Crippen LogP contribution in [0.2, 0.25) is 0 Å². The first-order valence-electron chi connectivity index (χ1n) is 4.00. The fraction of sp³-hybridized carbons (Fsp3) is 0.222. The van der Waals surface area contributed by atoms with Crippen LogP contribution >= 0.6 is 0 Å². The molecule has 1 rings (SSSR count). The number of carboxylic acids is 1. The molecule has 0 radical (unpaired) electrons. The molecule has 0 aliphatic rings. The molecule has 0 heterocycles. The molecule has 14 heavy (non-hydrogen) atoms. The maximum atomic E-state index is 9.34. The van der Waals surface area contributed by atoms with Gasteiger partial charge in [-0.15, -0.1) is 0 Å². The van der Waals surface area contributed by atoms with Crippen LogP contribution in [0.4, 0.5) is 5.69 Å². The van der Waals surface area contributed by atoms with E-state index >= 15 is 0 Å². The van der Waals surface area contributed by atoms with E-state index in [4.69, 9.17) is 10.8 Å². The number of hydrogen-bond donors (Lipinski definition) is 2. The van der Waals surface area contributed by atoms with E-state index < -0.39 is 12.1 Å². The first-order valence-corrected chi connectivity index (χ1v) is 6.74. The Bertz CT molecular complexity index is 264. The number of aliphatic carboxylic acids is 1. The fourth-order valence-corrected chi connectivity index (χ4v) is 1.43. The van der Waals surface area contributed by atoms with Crippen LogP contribution in [-0.2, 0) is 30.9 Å². The van der Waals surface area contributed by atoms with Crippen molar-refractivity contribution in [3.05, 3.63) is 24.3 Å². The van der Waals surface area contributed by atoms with Crippen molar-refractivity contribution < 1.29 is 41.1 Å². The van der Waals surface area contributed by atoms with Gasteiger partial charge in [-0.2, -0.15) is 0 Å². The van der Waals surface area contributed by atoms with Gasteiger partial charge in [0.15, 0.2) is 0 Å². The van der Waals surface area contributed by atoms with Crippen molar-refractivity contribution in [3.8, 4) is 0 Å². The molecule has 0 aliphatic heterocycles. The summed E-state index contributed by atoms with van der Waals surface area (Å²) in [6.07, 6.45) is -1.34. The fourth-order valence-electron chi connectivity index (χ4n) is 0.518. The van der Waals surface area contributed by atoms with Gasteiger partial charge in [0.2, 0.25) is 0 Å². The van der Waals surface area contributed by atoms with Crippen molar-refractivity contribution in [1.82, 2.24) is 0 Å². The Labute approximate surface area is 98.7 Å². The molecule has 1 atom stereocenters. The molecule has 1 aromatic carbocycles. The number of benzene rings is 1. The van der Waals surface area contributed by atoms with Crippen LogP contribution in [0.15, 0.2) is 24.3 Å². The molecule has 0 fully saturated rings. The van der Waals surface area contributed by atoms with Gasteiger partial charge in [0.1, 0.15) is 0 Å². The Balaban J connectivity index is 0.000000255. The van der Waals surface area contributed by atoms with Gasteiger partial charge in [-0.1, -0.05) is 0 Å². The van der Waals surface area contributed by atoms with Gasteiger partial charge in [0.05, 0.1) is 12.1 Å². The first-order chi connectivity index (χ1) is 6.43. The third kappa shape index (κ3) is 6.85. The average Bonchev–Trinajstić information content (AvgIpc) is 2.11. The second kappa shape index (κ2) is 6.78. The maximum absolute atomic E-state index is 9.34. The van der Waals surface area contributed by atoms with E-state index in [1.54, 1.807) is 0 Å². The molecule has 4 nitrogen and oxygen atoms in total. The summed E-state index contributed by atoms with van der Waals surface area (Å²) in [5.74, 6) is -1.44. The third-order valence-corrected chi connectivity index (χ3v) is 3.15. The number of carbonyl (C=O) groups is 1. The summed E-state index contributed by atoms with van der Waals surface area (Å²) in [6.45, 7) is 1.13. The number of nitrogen functional groups attached to an aromatic ring is 1. The molecule has 1 unspecified atom stereocenters. The van der Waals surface area contributed by atoms with Crippen molar-refractivity contribution in [2.45, 2.75) is 13.0 Å². The van der Waals surface area contributed by atoms with Crippen molar-refractivity contribution in [2.24, 2.45) is 0 Å². The van der Waals surface area contributed by atoms with Gasteiger partial charge in [0.25, 0.3) is 0 Å². The number of hydrogen-bond acceptors (Lipinski definition) is 4. The molecular formula is C9H11HgNO3. The Hall–Kier alpha value is -0.615. The number of rotatable bonds is 1. The van der Waals surface area contributed by atoms with Gasteiger partial charge in [-0.05, 0) is 6.92 Å². The van der Waals surface area contributed by atoms with E-state index in [1.165, 1.54) is 3.07 Å². The Morgan fingerprint density at radius 3 is 2.07 bits per heavy atom. The summed E-state index contributed by atoms with van der Waals surface area (Å²) in [5, 5.41) is 17.3. The Morgan fingerprint density at radius 1 is 1.50 bits per heavy atom. The normalized spacial score (nSPS) is 11.1. The Morgan fingerprint density at radius 2 is 1.86 bits per heavy atom. The summed E-state index contributed by atoms with van der Waals surface area (Å²) < 4.78 is 1.44. The zero-order chi connectivity index (χ0) is 11.1. The summed E-state index contributed by atoms with van der Waals surface area (Å²) in [4.78, 5) is 9.34. The van der Waals surface area contributed by atoms with Crippen molar-refractivity contribution in [3.63, 3.8) is 0 Å². The molecule has 0 spiro atoms. The number of anilines is 1. The Kier molecular flexibility index (Phi) is 6.48. The summed E-state index contributed by atoms with van der Waals surface area (Å²) in [7, 11) is 0. The third-order valence-electron chi connectivity index (χ3n) is 1.32. The molecule has 72 valence electrons.